The normalized spacial score (nSPS) is 19.5. The minimum atomic E-state index is -1.06. The van der Waals surface area contributed by atoms with E-state index < -0.39 is 5.60 Å². The van der Waals surface area contributed by atoms with Crippen LogP contribution in [0.1, 0.15) is 57.9 Å². The molecule has 194 valence electrons. The number of methoxy groups -OCH3 is 2. The number of urea groups is 1. The number of aliphatic hydroxyl groups is 1. The number of amides is 2. The number of carbonyl (C=O) groups is 1. The van der Waals surface area contributed by atoms with Gasteiger partial charge in [-0.15, -0.1) is 0 Å². The van der Waals surface area contributed by atoms with E-state index in [1.807, 2.05) is 50.1 Å². The van der Waals surface area contributed by atoms with E-state index in [1.54, 1.807) is 14.2 Å². The number of piperidine rings is 1. The maximum Gasteiger partial charge on any atom is 0.317 e. The minimum absolute atomic E-state index is 0.0614. The molecule has 1 heterocycles. The Morgan fingerprint density at radius 3 is 2.74 bits per heavy atom. The molecule has 1 aliphatic rings. The third-order valence-electron chi connectivity index (χ3n) is 6.93. The first-order valence-electron chi connectivity index (χ1n) is 12.4. The number of halogens is 1. The number of nitrogens with zero attached hydrogens (tertiary/aromatic N) is 1. The molecule has 0 bridgehead atoms. The summed E-state index contributed by atoms with van der Waals surface area (Å²) in [5.41, 5.74) is -0.576. The second kappa shape index (κ2) is 13.6. The lowest BCUT2D eigenvalue weighted by atomic mass is 9.74. The standard InChI is InChI=1S/C26H44ClN3O4/c1-25(2,34-5)17-23(18-28-3)29-24(31)30-14-9-11-21(19-30)26(32,13-6-7-15-33-4)20-10-8-12-22(27)16-20/h8,10,12,16,21,23,28,32H,6-7,9,11,13-15,17-19H2,1-5H3,(H,29,31)/t21-,23+,26-/m1/s1. The van der Waals surface area contributed by atoms with Gasteiger partial charge in [0.15, 0.2) is 0 Å². The molecule has 1 aliphatic heterocycles. The molecular formula is C26H44ClN3O4. The lowest BCUT2D eigenvalue weighted by Gasteiger charge is -2.43. The van der Waals surface area contributed by atoms with E-state index in [2.05, 4.69) is 10.6 Å². The Bertz CT molecular complexity index is 763. The molecule has 0 radical (unpaired) electrons. The average molecular weight is 498 g/mol. The monoisotopic (exact) mass is 497 g/mol. The third-order valence-corrected chi connectivity index (χ3v) is 7.17. The van der Waals surface area contributed by atoms with Crippen molar-refractivity contribution in [2.45, 2.75) is 69.6 Å². The summed E-state index contributed by atoms with van der Waals surface area (Å²) in [6.45, 7) is 6.54. The van der Waals surface area contributed by atoms with Crippen molar-refractivity contribution in [2.24, 2.45) is 5.92 Å². The third kappa shape index (κ3) is 8.38. The molecule has 0 saturated carbocycles. The number of carbonyl (C=O) groups excluding carboxylic acids is 1. The highest BCUT2D eigenvalue weighted by Gasteiger charge is 2.41. The maximum absolute atomic E-state index is 13.2. The second-order valence-corrected chi connectivity index (χ2v) is 10.5. The van der Waals surface area contributed by atoms with Crippen LogP contribution in [0.3, 0.4) is 0 Å². The van der Waals surface area contributed by atoms with E-state index in [-0.39, 0.29) is 23.6 Å². The summed E-state index contributed by atoms with van der Waals surface area (Å²) >= 11 is 6.28. The van der Waals surface area contributed by atoms with Crippen LogP contribution in [-0.4, -0.2) is 75.2 Å². The highest BCUT2D eigenvalue weighted by molar-refractivity contribution is 6.30. The van der Waals surface area contributed by atoms with Gasteiger partial charge < -0.3 is 30.1 Å². The molecular weight excluding hydrogens is 454 g/mol. The Hall–Kier alpha value is -1.38. The van der Waals surface area contributed by atoms with E-state index in [0.29, 0.717) is 44.1 Å². The Balaban J connectivity index is 2.16. The van der Waals surface area contributed by atoms with Gasteiger partial charge in [-0.2, -0.15) is 0 Å². The lowest BCUT2D eigenvalue weighted by molar-refractivity contribution is -0.0565. The van der Waals surface area contributed by atoms with E-state index in [0.717, 1.165) is 31.2 Å². The molecule has 1 saturated heterocycles. The van der Waals surface area contributed by atoms with Gasteiger partial charge in [-0.1, -0.05) is 23.7 Å². The van der Waals surface area contributed by atoms with Crippen LogP contribution in [0, 0.1) is 5.92 Å². The van der Waals surface area contributed by atoms with Gasteiger partial charge in [0, 0.05) is 57.4 Å². The molecule has 3 N–H and O–H groups in total. The highest BCUT2D eigenvalue weighted by Crippen LogP contribution is 2.40. The Morgan fingerprint density at radius 1 is 1.32 bits per heavy atom. The molecule has 2 rings (SSSR count). The Morgan fingerprint density at radius 2 is 2.09 bits per heavy atom. The van der Waals surface area contributed by atoms with Crippen LogP contribution in [0.2, 0.25) is 5.02 Å². The van der Waals surface area contributed by atoms with Crippen molar-refractivity contribution in [1.29, 1.82) is 0 Å². The van der Waals surface area contributed by atoms with Gasteiger partial charge in [-0.25, -0.2) is 4.79 Å². The molecule has 0 unspecified atom stereocenters. The average Bonchev–Trinajstić information content (AvgIpc) is 2.81. The van der Waals surface area contributed by atoms with Gasteiger partial charge in [-0.3, -0.25) is 0 Å². The number of unbranched alkanes of at least 4 members (excludes halogenated alkanes) is 1. The molecule has 1 aromatic rings. The van der Waals surface area contributed by atoms with E-state index >= 15 is 0 Å². The predicted molar refractivity (Wildman–Crippen MR) is 137 cm³/mol. The van der Waals surface area contributed by atoms with Crippen molar-refractivity contribution in [2.75, 3.05) is 47.5 Å². The van der Waals surface area contributed by atoms with Crippen molar-refractivity contribution in [3.05, 3.63) is 34.9 Å². The molecule has 0 aliphatic carbocycles. The fourth-order valence-electron chi connectivity index (χ4n) is 4.90. The smallest absolute Gasteiger partial charge is 0.317 e. The molecule has 34 heavy (non-hydrogen) atoms. The molecule has 0 aromatic heterocycles. The number of hydrogen-bond donors (Lipinski definition) is 3. The van der Waals surface area contributed by atoms with Crippen LogP contribution < -0.4 is 10.6 Å². The van der Waals surface area contributed by atoms with Crippen molar-refractivity contribution < 1.29 is 19.4 Å². The van der Waals surface area contributed by atoms with Crippen LogP contribution >= 0.6 is 11.6 Å². The second-order valence-electron chi connectivity index (χ2n) is 10.0. The van der Waals surface area contributed by atoms with Gasteiger partial charge in [-0.05, 0) is 77.1 Å². The number of ether oxygens (including phenoxy) is 2. The maximum atomic E-state index is 13.2. The molecule has 1 fully saturated rings. The summed E-state index contributed by atoms with van der Waals surface area (Å²) in [7, 11) is 5.26. The topological polar surface area (TPSA) is 83.1 Å². The van der Waals surface area contributed by atoms with E-state index in [1.165, 1.54) is 0 Å². The van der Waals surface area contributed by atoms with Gasteiger partial charge in [0.2, 0.25) is 0 Å². The summed E-state index contributed by atoms with van der Waals surface area (Å²) in [5, 5.41) is 19.0. The van der Waals surface area contributed by atoms with Crippen molar-refractivity contribution in [3.8, 4) is 0 Å². The summed E-state index contributed by atoms with van der Waals surface area (Å²) in [6.07, 6.45) is 4.70. The minimum Gasteiger partial charge on any atom is -0.385 e. The highest BCUT2D eigenvalue weighted by atomic mass is 35.5. The molecule has 7 nitrogen and oxygen atoms in total. The number of nitrogens with one attached hydrogen (secondary N) is 2. The quantitative estimate of drug-likeness (QED) is 0.356. The zero-order chi connectivity index (χ0) is 25.2. The largest absolute Gasteiger partial charge is 0.385 e. The van der Waals surface area contributed by atoms with E-state index in [4.69, 9.17) is 21.1 Å². The van der Waals surface area contributed by atoms with E-state index in [9.17, 15) is 9.90 Å². The zero-order valence-corrected chi connectivity index (χ0v) is 22.3. The molecule has 1 aromatic carbocycles. The fraction of sp³-hybridized carbons (Fsp3) is 0.731. The summed E-state index contributed by atoms with van der Waals surface area (Å²) < 4.78 is 10.8. The van der Waals surface area contributed by atoms with Gasteiger partial charge in [0.1, 0.15) is 0 Å². The fourth-order valence-corrected chi connectivity index (χ4v) is 5.09. The summed E-state index contributed by atoms with van der Waals surface area (Å²) in [5.74, 6) is -0.0776. The molecule has 2 amide bonds. The number of rotatable bonds is 13. The van der Waals surface area contributed by atoms with Crippen LogP contribution in [0.4, 0.5) is 4.79 Å². The number of hydrogen-bond acceptors (Lipinski definition) is 5. The van der Waals surface area contributed by atoms with Crippen LogP contribution in [-0.2, 0) is 15.1 Å². The van der Waals surface area contributed by atoms with Crippen molar-refractivity contribution >= 4 is 17.6 Å². The molecule has 8 heteroatoms. The first kappa shape index (κ1) is 28.9. The number of benzene rings is 1. The first-order chi connectivity index (χ1) is 16.1. The SMILES string of the molecule is CNC[C@H](CC(C)(C)OC)NC(=O)N1CCC[C@@H]([C@@](O)(CCCCOC)c2cccc(Cl)c2)C1. The molecule has 0 spiro atoms. The van der Waals surface area contributed by atoms with Crippen molar-refractivity contribution in [1.82, 2.24) is 15.5 Å². The van der Waals surface area contributed by atoms with Gasteiger partial charge >= 0.3 is 6.03 Å². The zero-order valence-electron chi connectivity index (χ0n) is 21.5. The predicted octanol–water partition coefficient (Wildman–Crippen LogP) is 4.17. The summed E-state index contributed by atoms with van der Waals surface area (Å²) in [4.78, 5) is 15.1. The summed E-state index contributed by atoms with van der Waals surface area (Å²) in [6, 6.07) is 7.34. The number of likely N-dealkylation sites (N-methyl/N-ethyl adjacent to an activating group) is 1. The van der Waals surface area contributed by atoms with Gasteiger partial charge in [0.05, 0.1) is 11.2 Å². The van der Waals surface area contributed by atoms with Crippen LogP contribution in [0.15, 0.2) is 24.3 Å². The number of likely N-dealkylation sites (tertiary alicyclic amines) is 1. The first-order valence-corrected chi connectivity index (χ1v) is 12.8. The van der Waals surface area contributed by atoms with Crippen LogP contribution in [0.25, 0.3) is 0 Å². The van der Waals surface area contributed by atoms with Crippen LogP contribution in [0.5, 0.6) is 0 Å². The Labute approximate surface area is 210 Å². The van der Waals surface area contributed by atoms with Crippen molar-refractivity contribution in [3.63, 3.8) is 0 Å². The lowest BCUT2D eigenvalue weighted by Crippen LogP contribution is -2.54. The van der Waals surface area contributed by atoms with Gasteiger partial charge in [0.25, 0.3) is 0 Å². The Kier molecular flexibility index (Phi) is 11.6. The molecule has 3 atom stereocenters.